The average molecular weight is 550 g/mol. The standard InChI is InChI=1S/C20H35N7O9S/c1-37-8-6-13(19(35)36)27-18(34)12(4-5-14(28)29)26-17(33)11(3-2-7-24-20(22)23)25-16(32)10(21)9-15(30)31/h10-13H,2-9,21H2,1H3,(H,25,32)(H,26,33)(H,27,34)(H,28,29)(H,30,31)(H,35,36)(H4,22,23,24). The number of nitrogens with zero attached hydrogens (tertiary/aromatic N) is 1. The fourth-order valence-corrected chi connectivity index (χ4v) is 3.38. The molecule has 0 saturated carbocycles. The molecule has 0 aliphatic heterocycles. The van der Waals surface area contributed by atoms with Gasteiger partial charge in [0, 0.05) is 13.0 Å². The van der Waals surface area contributed by atoms with E-state index in [1.54, 1.807) is 6.26 Å². The zero-order chi connectivity index (χ0) is 28.5. The molecule has 0 radical (unpaired) electrons. The Bertz CT molecular complexity index is 852. The Morgan fingerprint density at radius 3 is 1.84 bits per heavy atom. The van der Waals surface area contributed by atoms with Crippen LogP contribution in [0.2, 0.25) is 0 Å². The molecule has 0 aliphatic rings. The SMILES string of the molecule is CSCCC(NC(=O)C(CCC(=O)O)NC(=O)C(CCCN=C(N)N)NC(=O)C(N)CC(=O)O)C(=O)O. The molecule has 4 unspecified atom stereocenters. The zero-order valence-corrected chi connectivity index (χ0v) is 21.2. The van der Waals surface area contributed by atoms with Crippen LogP contribution in [0.1, 0.15) is 38.5 Å². The number of guanidine groups is 1. The molecular formula is C20H35N7O9S. The van der Waals surface area contributed by atoms with Gasteiger partial charge < -0.3 is 48.5 Å². The third-order valence-electron chi connectivity index (χ3n) is 4.81. The summed E-state index contributed by atoms with van der Waals surface area (Å²) < 4.78 is 0. The van der Waals surface area contributed by atoms with E-state index in [1.807, 2.05) is 0 Å². The van der Waals surface area contributed by atoms with Crippen molar-refractivity contribution in [2.24, 2.45) is 22.2 Å². The maximum absolute atomic E-state index is 13.0. The fraction of sp³-hybridized carbons (Fsp3) is 0.650. The van der Waals surface area contributed by atoms with Gasteiger partial charge in [0.1, 0.15) is 18.1 Å². The van der Waals surface area contributed by atoms with Gasteiger partial charge in [-0.25, -0.2) is 4.79 Å². The Morgan fingerprint density at radius 2 is 1.35 bits per heavy atom. The van der Waals surface area contributed by atoms with Crippen molar-refractivity contribution in [3.63, 3.8) is 0 Å². The van der Waals surface area contributed by atoms with Gasteiger partial charge >= 0.3 is 17.9 Å². The van der Waals surface area contributed by atoms with Crippen LogP contribution in [0.15, 0.2) is 4.99 Å². The van der Waals surface area contributed by atoms with Crippen LogP contribution >= 0.6 is 11.8 Å². The molecular weight excluding hydrogens is 514 g/mol. The monoisotopic (exact) mass is 549 g/mol. The van der Waals surface area contributed by atoms with Crippen LogP contribution in [0.5, 0.6) is 0 Å². The summed E-state index contributed by atoms with van der Waals surface area (Å²) in [5.74, 6) is -6.44. The summed E-state index contributed by atoms with van der Waals surface area (Å²) in [4.78, 5) is 75.2. The van der Waals surface area contributed by atoms with Crippen molar-refractivity contribution < 1.29 is 44.1 Å². The largest absolute Gasteiger partial charge is 0.481 e. The second kappa shape index (κ2) is 17.8. The van der Waals surface area contributed by atoms with E-state index in [1.165, 1.54) is 11.8 Å². The molecule has 4 atom stereocenters. The van der Waals surface area contributed by atoms with Crippen LogP contribution in [-0.4, -0.2) is 99.6 Å². The van der Waals surface area contributed by atoms with Crippen LogP contribution in [0, 0.1) is 0 Å². The van der Waals surface area contributed by atoms with Crippen molar-refractivity contribution in [2.75, 3.05) is 18.6 Å². The number of rotatable bonds is 19. The lowest BCUT2D eigenvalue weighted by atomic mass is 10.1. The number of hydrogen-bond acceptors (Lipinski definition) is 9. The number of hydrogen-bond donors (Lipinski definition) is 9. The van der Waals surface area contributed by atoms with E-state index in [0.29, 0.717) is 5.75 Å². The van der Waals surface area contributed by atoms with Crippen LogP contribution < -0.4 is 33.2 Å². The molecule has 0 aromatic heterocycles. The Morgan fingerprint density at radius 1 is 0.811 bits per heavy atom. The van der Waals surface area contributed by atoms with Gasteiger partial charge in [0.15, 0.2) is 5.96 Å². The molecule has 12 N–H and O–H groups in total. The highest BCUT2D eigenvalue weighted by molar-refractivity contribution is 7.98. The Balaban J connectivity index is 5.67. The normalized spacial score (nSPS) is 13.8. The van der Waals surface area contributed by atoms with Gasteiger partial charge in [-0.15, -0.1) is 0 Å². The molecule has 0 aromatic carbocycles. The lowest BCUT2D eigenvalue weighted by Crippen LogP contribution is -2.57. The molecule has 0 rings (SSSR count). The number of nitrogens with two attached hydrogens (primary N) is 3. The van der Waals surface area contributed by atoms with Crippen molar-refractivity contribution in [2.45, 2.75) is 62.7 Å². The molecule has 210 valence electrons. The van der Waals surface area contributed by atoms with Gasteiger partial charge in [-0.05, 0) is 37.7 Å². The fourth-order valence-electron chi connectivity index (χ4n) is 2.91. The van der Waals surface area contributed by atoms with Crippen LogP contribution in [0.3, 0.4) is 0 Å². The molecule has 0 saturated heterocycles. The van der Waals surface area contributed by atoms with Crippen molar-refractivity contribution in [1.29, 1.82) is 0 Å². The van der Waals surface area contributed by atoms with Gasteiger partial charge in [0.2, 0.25) is 17.7 Å². The molecule has 3 amide bonds. The van der Waals surface area contributed by atoms with E-state index in [-0.39, 0.29) is 38.2 Å². The highest BCUT2D eigenvalue weighted by Crippen LogP contribution is 2.06. The number of aliphatic imine (C=N–C) groups is 1. The van der Waals surface area contributed by atoms with Crippen molar-refractivity contribution in [1.82, 2.24) is 16.0 Å². The van der Waals surface area contributed by atoms with Crippen LogP contribution in [0.25, 0.3) is 0 Å². The molecule has 0 aromatic rings. The number of amides is 3. The number of carbonyl (C=O) groups excluding carboxylic acids is 3. The maximum Gasteiger partial charge on any atom is 0.326 e. The van der Waals surface area contributed by atoms with E-state index < -0.39 is 72.6 Å². The first-order valence-corrected chi connectivity index (χ1v) is 12.5. The summed E-state index contributed by atoms with van der Waals surface area (Å²) in [5.41, 5.74) is 16.1. The van der Waals surface area contributed by atoms with Crippen molar-refractivity contribution in [3.8, 4) is 0 Å². The number of carboxylic acids is 3. The summed E-state index contributed by atoms with van der Waals surface area (Å²) in [7, 11) is 0. The quantitative estimate of drug-likeness (QED) is 0.0441. The molecule has 16 nitrogen and oxygen atoms in total. The number of thioether (sulfide) groups is 1. The van der Waals surface area contributed by atoms with E-state index >= 15 is 0 Å². The van der Waals surface area contributed by atoms with Gasteiger partial charge in [-0.3, -0.25) is 29.0 Å². The minimum absolute atomic E-state index is 0.0487. The summed E-state index contributed by atoms with van der Waals surface area (Å²) in [6.45, 7) is 0.0851. The van der Waals surface area contributed by atoms with Crippen LogP contribution in [-0.2, 0) is 28.8 Å². The summed E-state index contributed by atoms with van der Waals surface area (Å²) in [6.07, 6.45) is 0.387. The van der Waals surface area contributed by atoms with E-state index in [2.05, 4.69) is 20.9 Å². The summed E-state index contributed by atoms with van der Waals surface area (Å²) >= 11 is 1.36. The Labute approximate surface area is 217 Å². The highest BCUT2D eigenvalue weighted by atomic mass is 32.2. The van der Waals surface area contributed by atoms with Gasteiger partial charge in [0.25, 0.3) is 0 Å². The van der Waals surface area contributed by atoms with Gasteiger partial charge in [0.05, 0.1) is 12.5 Å². The molecule has 0 aliphatic carbocycles. The molecule has 0 bridgehead atoms. The molecule has 37 heavy (non-hydrogen) atoms. The second-order valence-corrected chi connectivity index (χ2v) is 8.87. The van der Waals surface area contributed by atoms with Crippen LogP contribution in [0.4, 0.5) is 0 Å². The maximum atomic E-state index is 13.0. The predicted octanol–water partition coefficient (Wildman–Crippen LogP) is -3.00. The number of aliphatic carboxylic acids is 3. The number of carboxylic acid groups (broad SMARTS) is 3. The summed E-state index contributed by atoms with van der Waals surface area (Å²) in [5, 5.41) is 34.2. The lowest BCUT2D eigenvalue weighted by Gasteiger charge is -2.25. The average Bonchev–Trinajstić information content (AvgIpc) is 2.79. The second-order valence-electron chi connectivity index (χ2n) is 7.89. The van der Waals surface area contributed by atoms with E-state index in [0.717, 1.165) is 0 Å². The van der Waals surface area contributed by atoms with E-state index in [4.69, 9.17) is 27.4 Å². The zero-order valence-electron chi connectivity index (χ0n) is 20.3. The third kappa shape index (κ3) is 15.2. The Hall–Kier alpha value is -3.60. The highest BCUT2D eigenvalue weighted by Gasteiger charge is 2.30. The minimum atomic E-state index is -1.47. The molecule has 0 spiro atoms. The molecule has 0 fully saturated rings. The first kappa shape index (κ1) is 33.4. The van der Waals surface area contributed by atoms with Crippen molar-refractivity contribution in [3.05, 3.63) is 0 Å². The smallest absolute Gasteiger partial charge is 0.326 e. The number of carbonyl (C=O) groups is 6. The van der Waals surface area contributed by atoms with E-state index in [9.17, 15) is 33.9 Å². The van der Waals surface area contributed by atoms with Gasteiger partial charge in [-0.1, -0.05) is 0 Å². The number of nitrogens with one attached hydrogen (secondary N) is 3. The van der Waals surface area contributed by atoms with Crippen molar-refractivity contribution >= 4 is 53.4 Å². The minimum Gasteiger partial charge on any atom is -0.481 e. The topological polar surface area (TPSA) is 290 Å². The molecule has 17 heteroatoms. The first-order valence-electron chi connectivity index (χ1n) is 11.2. The third-order valence-corrected chi connectivity index (χ3v) is 5.46. The first-order chi connectivity index (χ1) is 17.3. The van der Waals surface area contributed by atoms with Gasteiger partial charge in [-0.2, -0.15) is 11.8 Å². The summed E-state index contributed by atoms with van der Waals surface area (Å²) in [6, 6.07) is -5.49. The Kier molecular flexibility index (Phi) is 16.0. The predicted molar refractivity (Wildman–Crippen MR) is 133 cm³/mol. The molecule has 0 heterocycles. The lowest BCUT2D eigenvalue weighted by molar-refractivity contribution is -0.143.